The van der Waals surface area contributed by atoms with E-state index in [4.69, 9.17) is 9.47 Å². The van der Waals surface area contributed by atoms with Crippen LogP contribution in [0.1, 0.15) is 18.1 Å². The van der Waals surface area contributed by atoms with Crippen LogP contribution in [0.4, 0.5) is 0 Å². The molecule has 0 atom stereocenters. The average Bonchev–Trinajstić information content (AvgIpc) is 2.67. The van der Waals surface area contributed by atoms with Crippen molar-refractivity contribution >= 4 is 15.9 Å². The maximum atomic E-state index is 5.59. The molecule has 1 aliphatic rings. The van der Waals surface area contributed by atoms with Crippen LogP contribution in [0.3, 0.4) is 0 Å². The Morgan fingerprint density at radius 1 is 1.36 bits per heavy atom. The van der Waals surface area contributed by atoms with E-state index in [2.05, 4.69) is 28.1 Å². The van der Waals surface area contributed by atoms with Crippen LogP contribution in [0.5, 0.6) is 0 Å². The van der Waals surface area contributed by atoms with Gasteiger partial charge in [0.2, 0.25) is 0 Å². The van der Waals surface area contributed by atoms with E-state index in [9.17, 15) is 0 Å². The van der Waals surface area contributed by atoms with Gasteiger partial charge in [-0.1, -0.05) is 34.1 Å². The SMILES string of the molecule is CC1(c2cccc(CBr)c2)OCCO1. The Labute approximate surface area is 92.3 Å². The number of alkyl halides is 1. The highest BCUT2D eigenvalue weighted by Gasteiger charge is 2.32. The lowest BCUT2D eigenvalue weighted by Crippen LogP contribution is -2.22. The molecule has 0 aliphatic carbocycles. The Morgan fingerprint density at radius 3 is 2.71 bits per heavy atom. The van der Waals surface area contributed by atoms with Crippen LogP contribution in [0.2, 0.25) is 0 Å². The van der Waals surface area contributed by atoms with Gasteiger partial charge in [-0.05, 0) is 18.6 Å². The molecule has 0 unspecified atom stereocenters. The molecule has 0 spiro atoms. The highest BCUT2D eigenvalue weighted by Crippen LogP contribution is 2.31. The van der Waals surface area contributed by atoms with Crippen LogP contribution in [-0.4, -0.2) is 13.2 Å². The van der Waals surface area contributed by atoms with E-state index in [0.29, 0.717) is 13.2 Å². The van der Waals surface area contributed by atoms with Crippen LogP contribution >= 0.6 is 15.9 Å². The highest BCUT2D eigenvalue weighted by atomic mass is 79.9. The quantitative estimate of drug-likeness (QED) is 0.758. The third-order valence-electron chi connectivity index (χ3n) is 2.44. The molecule has 0 aromatic heterocycles. The fourth-order valence-corrected chi connectivity index (χ4v) is 1.97. The largest absolute Gasteiger partial charge is 0.344 e. The van der Waals surface area contributed by atoms with Gasteiger partial charge < -0.3 is 9.47 Å². The van der Waals surface area contributed by atoms with Crippen molar-refractivity contribution in [3.63, 3.8) is 0 Å². The van der Waals surface area contributed by atoms with Gasteiger partial charge in [-0.15, -0.1) is 0 Å². The van der Waals surface area contributed by atoms with E-state index in [1.54, 1.807) is 0 Å². The molecule has 2 nitrogen and oxygen atoms in total. The third-order valence-corrected chi connectivity index (χ3v) is 3.09. The van der Waals surface area contributed by atoms with Crippen molar-refractivity contribution in [2.75, 3.05) is 13.2 Å². The van der Waals surface area contributed by atoms with Gasteiger partial charge >= 0.3 is 0 Å². The van der Waals surface area contributed by atoms with Gasteiger partial charge in [0.25, 0.3) is 0 Å². The molecule has 0 amide bonds. The number of ether oxygens (including phenoxy) is 2. The van der Waals surface area contributed by atoms with Gasteiger partial charge in [-0.3, -0.25) is 0 Å². The van der Waals surface area contributed by atoms with Crippen molar-refractivity contribution in [2.45, 2.75) is 18.0 Å². The fraction of sp³-hybridized carbons (Fsp3) is 0.455. The Bertz CT molecular complexity index is 319. The molecule has 1 aliphatic heterocycles. The van der Waals surface area contributed by atoms with Crippen LogP contribution in [0.15, 0.2) is 24.3 Å². The average molecular weight is 257 g/mol. The molecular formula is C11H13BrO2. The molecule has 2 rings (SSSR count). The van der Waals surface area contributed by atoms with Crippen molar-refractivity contribution in [3.05, 3.63) is 35.4 Å². The van der Waals surface area contributed by atoms with E-state index in [1.165, 1.54) is 5.56 Å². The maximum absolute atomic E-state index is 5.59. The van der Waals surface area contributed by atoms with Crippen molar-refractivity contribution in [3.8, 4) is 0 Å². The van der Waals surface area contributed by atoms with Crippen molar-refractivity contribution in [1.82, 2.24) is 0 Å². The molecular weight excluding hydrogens is 244 g/mol. The lowest BCUT2D eigenvalue weighted by molar-refractivity contribution is -0.149. The van der Waals surface area contributed by atoms with Gasteiger partial charge in [-0.25, -0.2) is 0 Å². The molecule has 0 radical (unpaired) electrons. The van der Waals surface area contributed by atoms with E-state index >= 15 is 0 Å². The third kappa shape index (κ3) is 1.85. The summed E-state index contributed by atoms with van der Waals surface area (Å²) in [5.74, 6) is -0.543. The Morgan fingerprint density at radius 2 is 2.07 bits per heavy atom. The van der Waals surface area contributed by atoms with Crippen LogP contribution in [-0.2, 0) is 20.6 Å². The summed E-state index contributed by atoms with van der Waals surface area (Å²) in [4.78, 5) is 0. The fourth-order valence-electron chi connectivity index (χ4n) is 1.62. The Hall–Kier alpha value is -0.380. The van der Waals surface area contributed by atoms with Crippen molar-refractivity contribution < 1.29 is 9.47 Å². The predicted molar refractivity (Wildman–Crippen MR) is 58.3 cm³/mol. The Balaban J connectivity index is 2.30. The number of rotatable bonds is 2. The minimum Gasteiger partial charge on any atom is -0.344 e. The van der Waals surface area contributed by atoms with E-state index in [1.807, 2.05) is 19.1 Å². The molecule has 0 bridgehead atoms. The summed E-state index contributed by atoms with van der Waals surface area (Å²) in [6.07, 6.45) is 0. The van der Waals surface area contributed by atoms with Crippen molar-refractivity contribution in [2.24, 2.45) is 0 Å². The monoisotopic (exact) mass is 256 g/mol. The number of benzene rings is 1. The van der Waals surface area contributed by atoms with Gasteiger partial charge in [0.15, 0.2) is 5.79 Å². The van der Waals surface area contributed by atoms with Gasteiger partial charge in [0, 0.05) is 10.9 Å². The maximum Gasteiger partial charge on any atom is 0.192 e. The summed E-state index contributed by atoms with van der Waals surface area (Å²) in [5.41, 5.74) is 2.33. The van der Waals surface area contributed by atoms with Gasteiger partial charge in [-0.2, -0.15) is 0 Å². The topological polar surface area (TPSA) is 18.5 Å². The van der Waals surface area contributed by atoms with Crippen LogP contribution in [0, 0.1) is 0 Å². The van der Waals surface area contributed by atoms with Crippen molar-refractivity contribution in [1.29, 1.82) is 0 Å². The summed E-state index contributed by atoms with van der Waals surface area (Å²) < 4.78 is 11.2. The highest BCUT2D eigenvalue weighted by molar-refractivity contribution is 9.08. The predicted octanol–water partition coefficient (Wildman–Crippen LogP) is 2.80. The molecule has 1 heterocycles. The molecule has 0 N–H and O–H groups in total. The lowest BCUT2D eigenvalue weighted by Gasteiger charge is -2.23. The summed E-state index contributed by atoms with van der Waals surface area (Å²) in [6.45, 7) is 3.32. The molecule has 1 fully saturated rings. The summed E-state index contributed by atoms with van der Waals surface area (Å²) in [5, 5.41) is 0.858. The zero-order chi connectivity index (χ0) is 10.0. The van der Waals surface area contributed by atoms with Crippen LogP contribution in [0.25, 0.3) is 0 Å². The molecule has 1 saturated heterocycles. The first kappa shape index (κ1) is 10.1. The van der Waals surface area contributed by atoms with E-state index in [-0.39, 0.29) is 0 Å². The molecule has 1 aromatic rings. The van der Waals surface area contributed by atoms with E-state index < -0.39 is 5.79 Å². The van der Waals surface area contributed by atoms with E-state index in [0.717, 1.165) is 10.9 Å². The molecule has 1 aromatic carbocycles. The molecule has 3 heteroatoms. The first-order valence-electron chi connectivity index (χ1n) is 4.68. The summed E-state index contributed by atoms with van der Waals surface area (Å²) in [6, 6.07) is 8.26. The molecule has 0 saturated carbocycles. The van der Waals surface area contributed by atoms with Crippen LogP contribution < -0.4 is 0 Å². The lowest BCUT2D eigenvalue weighted by atomic mass is 10.1. The normalized spacial score (nSPS) is 19.9. The summed E-state index contributed by atoms with van der Waals surface area (Å²) >= 11 is 3.44. The zero-order valence-electron chi connectivity index (χ0n) is 8.13. The molecule has 76 valence electrons. The molecule has 14 heavy (non-hydrogen) atoms. The first-order valence-corrected chi connectivity index (χ1v) is 5.80. The minimum atomic E-state index is -0.543. The Kier molecular flexibility index (Phi) is 2.91. The smallest absolute Gasteiger partial charge is 0.192 e. The van der Waals surface area contributed by atoms with Gasteiger partial charge in [0.05, 0.1) is 13.2 Å². The second-order valence-electron chi connectivity index (χ2n) is 3.48. The first-order chi connectivity index (χ1) is 6.74. The number of halogens is 1. The summed E-state index contributed by atoms with van der Waals surface area (Å²) in [7, 11) is 0. The van der Waals surface area contributed by atoms with Gasteiger partial charge in [0.1, 0.15) is 0 Å². The second kappa shape index (κ2) is 4.01. The zero-order valence-corrected chi connectivity index (χ0v) is 9.71. The number of hydrogen-bond acceptors (Lipinski definition) is 2. The minimum absolute atomic E-state index is 0.543. The number of hydrogen-bond donors (Lipinski definition) is 0. The standard InChI is InChI=1S/C11H13BrO2/c1-11(13-5-6-14-11)10-4-2-3-9(7-10)8-12/h2-4,7H,5-6,8H2,1H3. The second-order valence-corrected chi connectivity index (χ2v) is 4.04.